The molecule has 3 aliphatic rings. The van der Waals surface area contributed by atoms with Crippen molar-refractivity contribution in [3.63, 3.8) is 0 Å². The molecule has 1 aliphatic heterocycles. The van der Waals surface area contributed by atoms with Crippen LogP contribution in [0, 0.1) is 11.3 Å². The number of ketones is 2. The highest BCUT2D eigenvalue weighted by Gasteiger charge is 2.45. The summed E-state index contributed by atoms with van der Waals surface area (Å²) in [6.07, 6.45) is 17.9. The maximum absolute atomic E-state index is 12.9. The quantitative estimate of drug-likeness (QED) is 0.180. The maximum atomic E-state index is 12.9. The van der Waals surface area contributed by atoms with Crippen molar-refractivity contribution >= 4 is 11.6 Å². The molecule has 2 aliphatic carbocycles. The van der Waals surface area contributed by atoms with E-state index in [-0.39, 0.29) is 36.8 Å². The highest BCUT2D eigenvalue weighted by molar-refractivity contribution is 5.99. The number of ether oxygens (including phenoxy) is 1. The fourth-order valence-electron chi connectivity index (χ4n) is 7.37. The summed E-state index contributed by atoms with van der Waals surface area (Å²) in [6.45, 7) is 0.359. The van der Waals surface area contributed by atoms with Crippen LogP contribution in [0.1, 0.15) is 86.9 Å². The van der Waals surface area contributed by atoms with E-state index in [2.05, 4.69) is 16.4 Å². The van der Waals surface area contributed by atoms with E-state index in [1.165, 1.54) is 39.2 Å². The molecule has 0 radical (unpaired) electrons. The van der Waals surface area contributed by atoms with Crippen molar-refractivity contribution in [2.24, 2.45) is 17.1 Å². The van der Waals surface area contributed by atoms with Crippen LogP contribution in [0.4, 0.5) is 0 Å². The van der Waals surface area contributed by atoms with E-state index in [1.54, 1.807) is 6.07 Å². The number of allylic oxidation sites excluding steroid dienone is 3. The number of phenolic OH excluding ortho intramolecular Hbond substituents is 1. The smallest absolute Gasteiger partial charge is 0.161 e. The van der Waals surface area contributed by atoms with Gasteiger partial charge >= 0.3 is 0 Å². The first-order valence-electron chi connectivity index (χ1n) is 16.1. The maximum Gasteiger partial charge on any atom is 0.161 e. The van der Waals surface area contributed by atoms with Crippen molar-refractivity contribution in [3.05, 3.63) is 82.5 Å². The van der Waals surface area contributed by atoms with Gasteiger partial charge in [0.15, 0.2) is 11.5 Å². The van der Waals surface area contributed by atoms with Gasteiger partial charge in [0.1, 0.15) is 17.4 Å². The molecule has 236 valence electrons. The van der Waals surface area contributed by atoms with Crippen LogP contribution in [0.25, 0.3) is 0 Å². The zero-order valence-corrected chi connectivity index (χ0v) is 25.9. The number of benzene rings is 1. The number of hydrogen-bond acceptors (Lipinski definition) is 7. The second-order valence-electron chi connectivity index (χ2n) is 12.8. The third-order valence-corrected chi connectivity index (χ3v) is 9.73. The SMILES string of the molecule is COc1cc(CCC(=O)CC(=O)CCCC2CCCCC2)cc(C2C3=CCNC(N)=C3C=CC2(CO)Cc2ccc[nH]2)c1O. The highest BCUT2D eigenvalue weighted by atomic mass is 16.5. The zero-order valence-electron chi connectivity index (χ0n) is 25.9. The van der Waals surface area contributed by atoms with E-state index < -0.39 is 11.3 Å². The minimum atomic E-state index is -0.779. The normalized spacial score (nSPS) is 21.9. The fourth-order valence-corrected chi connectivity index (χ4v) is 7.37. The number of aromatic hydroxyl groups is 1. The molecule has 1 aromatic heterocycles. The van der Waals surface area contributed by atoms with E-state index in [0.29, 0.717) is 42.9 Å². The van der Waals surface area contributed by atoms with Gasteiger partial charge < -0.3 is 31.0 Å². The van der Waals surface area contributed by atoms with Gasteiger partial charge in [-0.05, 0) is 54.5 Å². The van der Waals surface area contributed by atoms with Crippen LogP contribution in [0.5, 0.6) is 11.5 Å². The van der Waals surface area contributed by atoms with Crippen molar-refractivity contribution in [3.8, 4) is 11.5 Å². The highest BCUT2D eigenvalue weighted by Crippen LogP contribution is 2.54. The fraction of sp³-hybridized carbons (Fsp3) is 0.500. The predicted molar refractivity (Wildman–Crippen MR) is 171 cm³/mol. The molecule has 2 unspecified atom stereocenters. The number of H-pyrrole nitrogens is 1. The molecule has 6 N–H and O–H groups in total. The molecular formula is C36H47N3O5. The molecule has 1 saturated carbocycles. The number of phenols is 1. The van der Waals surface area contributed by atoms with Crippen LogP contribution in [0.2, 0.25) is 0 Å². The van der Waals surface area contributed by atoms with Gasteiger partial charge in [0, 0.05) is 53.7 Å². The molecule has 5 rings (SSSR count). The number of aromatic amines is 1. The number of aliphatic hydroxyl groups is 1. The van der Waals surface area contributed by atoms with Crippen molar-refractivity contribution in [1.82, 2.24) is 10.3 Å². The van der Waals surface area contributed by atoms with E-state index in [1.807, 2.05) is 36.5 Å². The average molecular weight is 602 g/mol. The summed E-state index contributed by atoms with van der Waals surface area (Å²) < 4.78 is 5.60. The van der Waals surface area contributed by atoms with Gasteiger partial charge in [-0.25, -0.2) is 0 Å². The molecule has 2 atom stereocenters. The summed E-state index contributed by atoms with van der Waals surface area (Å²) in [5.74, 6) is 1.10. The molecule has 8 nitrogen and oxygen atoms in total. The van der Waals surface area contributed by atoms with Crippen LogP contribution >= 0.6 is 0 Å². The number of nitrogens with one attached hydrogen (secondary N) is 2. The Morgan fingerprint density at radius 1 is 1.14 bits per heavy atom. The first-order chi connectivity index (χ1) is 21.3. The van der Waals surface area contributed by atoms with Gasteiger partial charge in [-0.2, -0.15) is 0 Å². The Bertz CT molecular complexity index is 1420. The second-order valence-corrected chi connectivity index (χ2v) is 12.8. The van der Waals surface area contributed by atoms with Crippen LogP contribution in [-0.4, -0.2) is 47.0 Å². The molecule has 0 spiro atoms. The molecule has 0 amide bonds. The van der Waals surface area contributed by atoms with Gasteiger partial charge in [0.25, 0.3) is 0 Å². The van der Waals surface area contributed by atoms with Crippen LogP contribution in [-0.2, 0) is 22.4 Å². The summed E-state index contributed by atoms with van der Waals surface area (Å²) in [4.78, 5) is 28.7. The summed E-state index contributed by atoms with van der Waals surface area (Å²) in [6, 6.07) is 7.58. The number of aryl methyl sites for hydroxylation is 1. The number of dihydropyridines is 1. The Hall–Kier alpha value is -3.78. The third-order valence-electron chi connectivity index (χ3n) is 9.73. The Morgan fingerprint density at radius 2 is 1.93 bits per heavy atom. The Balaban J connectivity index is 1.35. The molecular weight excluding hydrogens is 554 g/mol. The van der Waals surface area contributed by atoms with E-state index >= 15 is 0 Å². The van der Waals surface area contributed by atoms with Gasteiger partial charge in [0.05, 0.1) is 20.1 Å². The minimum absolute atomic E-state index is 0.00214. The number of hydrogen-bond donors (Lipinski definition) is 5. The Kier molecular flexibility index (Phi) is 10.3. The largest absolute Gasteiger partial charge is 0.504 e. The van der Waals surface area contributed by atoms with E-state index in [4.69, 9.17) is 10.5 Å². The van der Waals surface area contributed by atoms with Gasteiger partial charge in [0.2, 0.25) is 0 Å². The number of carbonyl (C=O) groups excluding carboxylic acids is 2. The molecule has 0 bridgehead atoms. The zero-order chi connectivity index (χ0) is 31.1. The molecule has 44 heavy (non-hydrogen) atoms. The molecule has 2 heterocycles. The summed E-state index contributed by atoms with van der Waals surface area (Å²) in [5, 5.41) is 25.7. The van der Waals surface area contributed by atoms with Crippen LogP contribution in [0.15, 0.2) is 65.7 Å². The number of aromatic nitrogens is 1. The number of methoxy groups -OCH3 is 1. The lowest BCUT2D eigenvalue weighted by atomic mass is 9.61. The lowest BCUT2D eigenvalue weighted by Gasteiger charge is -2.43. The molecule has 2 aromatic rings. The van der Waals surface area contributed by atoms with Crippen molar-refractivity contribution < 1.29 is 24.5 Å². The minimum Gasteiger partial charge on any atom is -0.504 e. The predicted octanol–water partition coefficient (Wildman–Crippen LogP) is 5.52. The number of fused-ring (bicyclic) bond motifs is 1. The average Bonchev–Trinajstić information content (AvgIpc) is 3.54. The lowest BCUT2D eigenvalue weighted by Crippen LogP contribution is -2.40. The third kappa shape index (κ3) is 7.12. The standard InChI is InChI=1S/C36H47N3O5/c1-44-32-20-25(12-13-28(42)21-27(41)11-5-9-24-7-3-2-4-8-24)19-31(34(32)43)33-29-15-18-39-35(37)30(29)14-16-36(33,23-40)22-26-10-6-17-38-26/h6,10,14-17,19-20,24,33,38-40,43H,2-5,7-9,11-13,18,21-23,37H2,1H3. The van der Waals surface area contributed by atoms with E-state index in [9.17, 15) is 19.8 Å². The molecule has 0 saturated heterocycles. The van der Waals surface area contributed by atoms with Crippen molar-refractivity contribution in [2.75, 3.05) is 20.3 Å². The lowest BCUT2D eigenvalue weighted by molar-refractivity contribution is -0.127. The monoisotopic (exact) mass is 601 g/mol. The van der Waals surface area contributed by atoms with Crippen LogP contribution in [0.3, 0.4) is 0 Å². The molecule has 1 aromatic carbocycles. The summed E-state index contributed by atoms with van der Waals surface area (Å²) in [7, 11) is 1.51. The number of Topliss-reactive ketones (excluding diaryl/α,β-unsaturated/α-hetero) is 2. The summed E-state index contributed by atoms with van der Waals surface area (Å²) >= 11 is 0. The topological polar surface area (TPSA) is 138 Å². The van der Waals surface area contributed by atoms with Crippen LogP contribution < -0.4 is 15.8 Å². The second kappa shape index (κ2) is 14.3. The number of rotatable bonds is 14. The Morgan fingerprint density at radius 3 is 2.66 bits per heavy atom. The Labute approximate surface area is 260 Å². The molecule has 1 fully saturated rings. The van der Waals surface area contributed by atoms with Gasteiger partial charge in [-0.15, -0.1) is 0 Å². The molecule has 8 heteroatoms. The summed E-state index contributed by atoms with van der Waals surface area (Å²) in [5.41, 5.74) is 9.73. The van der Waals surface area contributed by atoms with Crippen molar-refractivity contribution in [2.45, 2.75) is 83.0 Å². The van der Waals surface area contributed by atoms with Crippen molar-refractivity contribution in [1.29, 1.82) is 0 Å². The number of aliphatic hydroxyl groups excluding tert-OH is 1. The number of carbonyl (C=O) groups is 2. The first kappa shape index (κ1) is 31.6. The van der Waals surface area contributed by atoms with Gasteiger partial charge in [-0.3, -0.25) is 9.59 Å². The first-order valence-corrected chi connectivity index (χ1v) is 16.1. The van der Waals surface area contributed by atoms with Gasteiger partial charge in [-0.1, -0.05) is 62.8 Å². The van der Waals surface area contributed by atoms with E-state index in [0.717, 1.165) is 41.2 Å². The number of nitrogens with two attached hydrogens (primary N) is 1.